The summed E-state index contributed by atoms with van der Waals surface area (Å²) in [6.45, 7) is 5.63. The second-order valence-corrected chi connectivity index (χ2v) is 20.4. The Bertz CT molecular complexity index is 2930. The average molecular weight is 993 g/mol. The maximum atomic E-state index is 15.8. The lowest BCUT2D eigenvalue weighted by atomic mass is 9.77. The van der Waals surface area contributed by atoms with Crippen LogP contribution in [-0.4, -0.2) is 105 Å². The Hall–Kier alpha value is -5.29. The molecule has 0 aromatic heterocycles. The maximum Gasteiger partial charge on any atom is 0.223 e. The molecule has 0 spiro atoms. The molecule has 3 aliphatic carbocycles. The molecule has 5 aromatic carbocycles. The average Bonchev–Trinajstić information content (AvgIpc) is 3.51. The number of carbonyl (C=O) groups is 3. The summed E-state index contributed by atoms with van der Waals surface area (Å²) in [4.78, 5) is 70.3. The number of hydrogen-bond acceptors (Lipinski definition) is 14. The number of fused-ring (bicyclic) bond motifs is 1. The standard InChI is InChI=1S/C57H72N2O13/c1-31-25-40-39(17-12-33-8-15-36(16-9-33)57(68)58-18-22-72-24-23-69-3)54(66)48-41(59-28-34-10-13-35(14-11-34)42(64)7-5-20-71-21-6-19-60)26-37(29-61)45-46-38(30-62)27-43(65)49-51(46)52(47(40)50(45)48)53(44(31)32(2)63)56(70-4)55(49)67/h25-27,33-36,44,59-62,67H,5-24,28-30H2,1-4H3,(H,58,68). The maximum absolute atomic E-state index is 15.8. The summed E-state index contributed by atoms with van der Waals surface area (Å²) in [6, 6.07) is 3.09. The van der Waals surface area contributed by atoms with E-state index in [1.807, 2.05) is 13.0 Å². The Morgan fingerprint density at radius 3 is 2.04 bits per heavy atom. The van der Waals surface area contributed by atoms with E-state index >= 15 is 4.79 Å². The van der Waals surface area contributed by atoms with Gasteiger partial charge in [-0.1, -0.05) is 11.6 Å². The van der Waals surface area contributed by atoms with Gasteiger partial charge in [0.05, 0.1) is 56.8 Å². The number of methoxy groups -OCH3 is 2. The van der Waals surface area contributed by atoms with Crippen LogP contribution in [0.1, 0.15) is 125 Å². The molecule has 2 fully saturated rings. The Labute approximate surface area is 419 Å². The number of ketones is 2. The van der Waals surface area contributed by atoms with Crippen LogP contribution in [0.3, 0.4) is 0 Å². The van der Waals surface area contributed by atoms with Crippen LogP contribution < -0.4 is 26.2 Å². The van der Waals surface area contributed by atoms with Gasteiger partial charge in [-0.3, -0.25) is 24.0 Å². The number of anilines is 1. The molecule has 1 atom stereocenters. The van der Waals surface area contributed by atoms with Gasteiger partial charge in [0.2, 0.25) is 5.91 Å². The summed E-state index contributed by atoms with van der Waals surface area (Å²) in [5.74, 6) is -1.04. The van der Waals surface area contributed by atoms with Crippen LogP contribution in [0.5, 0.6) is 11.5 Å². The predicted molar refractivity (Wildman–Crippen MR) is 279 cm³/mol. The van der Waals surface area contributed by atoms with Crippen molar-refractivity contribution in [2.75, 3.05) is 72.3 Å². The Balaban J connectivity index is 1.21. The molecule has 0 aliphatic heterocycles. The van der Waals surface area contributed by atoms with E-state index in [-0.39, 0.29) is 69.9 Å². The van der Waals surface area contributed by atoms with Gasteiger partial charge in [-0.15, -0.1) is 0 Å². The van der Waals surface area contributed by atoms with Gasteiger partial charge >= 0.3 is 0 Å². The van der Waals surface area contributed by atoms with Gasteiger partial charge in [-0.05, 0) is 153 Å². The normalized spacial score (nSPS) is 20.2. The first-order chi connectivity index (χ1) is 34.9. The third kappa shape index (κ3) is 10.4. The van der Waals surface area contributed by atoms with Crippen molar-refractivity contribution in [3.8, 4) is 11.5 Å². The summed E-state index contributed by atoms with van der Waals surface area (Å²) in [7, 11) is 3.00. The summed E-state index contributed by atoms with van der Waals surface area (Å²) in [6.07, 6.45) is 10.8. The van der Waals surface area contributed by atoms with Crippen LogP contribution in [0.2, 0.25) is 0 Å². The van der Waals surface area contributed by atoms with Gasteiger partial charge in [-0.25, -0.2) is 0 Å². The summed E-state index contributed by atoms with van der Waals surface area (Å²) in [5, 5.41) is 53.3. The summed E-state index contributed by atoms with van der Waals surface area (Å²) < 4.78 is 22.0. The fourth-order valence-electron chi connectivity index (χ4n) is 12.4. The monoisotopic (exact) mass is 993 g/mol. The number of ether oxygens (including phenoxy) is 4. The number of nitrogens with one attached hydrogen (secondary N) is 2. The Morgan fingerprint density at radius 2 is 1.38 bits per heavy atom. The number of allylic oxidation sites excluding steroid dienone is 1. The van der Waals surface area contributed by atoms with Crippen molar-refractivity contribution in [3.63, 3.8) is 0 Å². The van der Waals surface area contributed by atoms with Crippen molar-refractivity contribution in [1.82, 2.24) is 5.32 Å². The van der Waals surface area contributed by atoms with Crippen LogP contribution in [0.25, 0.3) is 49.2 Å². The quantitative estimate of drug-likeness (QED) is 0.0194. The number of hydrogen-bond donors (Lipinski definition) is 6. The van der Waals surface area contributed by atoms with Crippen LogP contribution in [0, 0.1) is 23.7 Å². The number of aromatic hydroxyl groups is 1. The summed E-state index contributed by atoms with van der Waals surface area (Å²) in [5.41, 5.74) is 2.66. The molecule has 0 bridgehead atoms. The second kappa shape index (κ2) is 23.7. The molecular weight excluding hydrogens is 921 g/mol. The topological polar surface area (TPSA) is 227 Å². The van der Waals surface area contributed by atoms with Crippen molar-refractivity contribution >= 4 is 72.3 Å². The van der Waals surface area contributed by atoms with E-state index in [4.69, 9.17) is 24.1 Å². The smallest absolute Gasteiger partial charge is 0.223 e. The molecule has 6 N–H and O–H groups in total. The highest BCUT2D eigenvalue weighted by Gasteiger charge is 2.37. The van der Waals surface area contributed by atoms with E-state index in [9.17, 15) is 34.5 Å². The molecule has 1 amide bonds. The van der Waals surface area contributed by atoms with Crippen molar-refractivity contribution < 1.29 is 53.8 Å². The van der Waals surface area contributed by atoms with Gasteiger partial charge in [0.25, 0.3) is 0 Å². The number of rotatable bonds is 25. The lowest BCUT2D eigenvalue weighted by Crippen LogP contribution is -2.35. The molecule has 1 unspecified atom stereocenters. The fraction of sp³-hybridized carbons (Fsp3) is 0.561. The zero-order valence-electron chi connectivity index (χ0n) is 42.3. The highest BCUT2D eigenvalue weighted by molar-refractivity contribution is 6.39. The molecule has 8 rings (SSSR count). The lowest BCUT2D eigenvalue weighted by molar-refractivity contribution is -0.126. The van der Waals surface area contributed by atoms with E-state index in [1.165, 1.54) is 20.1 Å². The number of carbonyl (C=O) groups excluding carboxylic acids is 3. The number of aliphatic hydroxyl groups excluding tert-OH is 3. The van der Waals surface area contributed by atoms with Crippen molar-refractivity contribution in [2.45, 2.75) is 116 Å². The highest BCUT2D eigenvalue weighted by Crippen LogP contribution is 2.56. The summed E-state index contributed by atoms with van der Waals surface area (Å²) >= 11 is 0. The molecule has 2 saturated carbocycles. The van der Waals surface area contributed by atoms with Gasteiger partial charge in [-0.2, -0.15) is 0 Å². The van der Waals surface area contributed by atoms with Crippen LogP contribution in [0.4, 0.5) is 5.69 Å². The van der Waals surface area contributed by atoms with E-state index in [0.717, 1.165) is 51.4 Å². The molecule has 15 heteroatoms. The molecule has 0 heterocycles. The third-order valence-corrected chi connectivity index (χ3v) is 16.0. The molecule has 72 heavy (non-hydrogen) atoms. The van der Waals surface area contributed by atoms with Crippen LogP contribution >= 0.6 is 0 Å². The number of phenolic OH excluding ortho intramolecular Hbond substituents is 1. The number of Topliss-reactive ketones (excluding diaryl/α,β-unsaturated/α-hetero) is 2. The van der Waals surface area contributed by atoms with Crippen LogP contribution in [0.15, 0.2) is 27.3 Å². The van der Waals surface area contributed by atoms with Gasteiger partial charge < -0.3 is 50.0 Å². The Morgan fingerprint density at radius 1 is 0.722 bits per heavy atom. The molecule has 3 aliphatic rings. The molecule has 15 nitrogen and oxygen atoms in total. The zero-order chi connectivity index (χ0) is 51.2. The lowest BCUT2D eigenvalue weighted by Gasteiger charge is -2.29. The first-order valence-corrected chi connectivity index (χ1v) is 26.0. The van der Waals surface area contributed by atoms with E-state index < -0.39 is 30.3 Å². The fourth-order valence-corrected chi connectivity index (χ4v) is 12.4. The molecule has 5 aromatic rings. The van der Waals surface area contributed by atoms with Gasteiger partial charge in [0.15, 0.2) is 22.4 Å². The SMILES string of the molecule is COCCOCCNC(=O)C1CCC(CCc2c3c4c5c(c(OC)c(O)c6c(=O)cc(CO)c(c7c(CO)cc(NCC8CCC(C(=O)CCCOCCCO)CC8)c(c2=O)c74)c65)C(C(C)=O)C(C)=C3)CC1. The minimum Gasteiger partial charge on any atom is -0.504 e. The number of aliphatic hydroxyl groups is 3. The van der Waals surface area contributed by atoms with Crippen molar-refractivity contribution in [3.05, 3.63) is 66.0 Å². The van der Waals surface area contributed by atoms with Crippen LogP contribution in [-0.2, 0) is 48.2 Å². The molecule has 0 saturated heterocycles. The largest absolute Gasteiger partial charge is 0.504 e. The number of benzene rings is 5. The molecule has 388 valence electrons. The second-order valence-electron chi connectivity index (χ2n) is 20.4. The van der Waals surface area contributed by atoms with Crippen molar-refractivity contribution in [1.29, 1.82) is 0 Å². The number of amides is 1. The molecular formula is C57H72N2O13. The highest BCUT2D eigenvalue weighted by atomic mass is 16.5. The minimum absolute atomic E-state index is 0.0148. The Kier molecular flexibility index (Phi) is 17.5. The minimum atomic E-state index is -0.929. The third-order valence-electron chi connectivity index (χ3n) is 16.0. The first kappa shape index (κ1) is 53.0. The molecule has 0 radical (unpaired) electrons. The van der Waals surface area contributed by atoms with Gasteiger partial charge in [0, 0.05) is 85.9 Å². The van der Waals surface area contributed by atoms with Crippen molar-refractivity contribution in [2.24, 2.45) is 23.7 Å². The van der Waals surface area contributed by atoms with E-state index in [1.54, 1.807) is 13.2 Å². The van der Waals surface area contributed by atoms with Gasteiger partial charge in [0.1, 0.15) is 11.6 Å². The van der Waals surface area contributed by atoms with E-state index in [2.05, 4.69) is 10.6 Å². The first-order valence-electron chi connectivity index (χ1n) is 26.0. The van der Waals surface area contributed by atoms with E-state index in [0.29, 0.717) is 149 Å². The predicted octanol–water partition coefficient (Wildman–Crippen LogP) is 7.17. The number of phenols is 1. The zero-order valence-corrected chi connectivity index (χ0v) is 42.3.